The number of fused-ring (bicyclic) bond motifs is 5. The third kappa shape index (κ3) is 12.7. The van der Waals surface area contributed by atoms with Gasteiger partial charge in [-0.1, -0.05) is 239 Å². The van der Waals surface area contributed by atoms with Crippen LogP contribution in [0.5, 0.6) is 0 Å². The number of nitriles is 2. The van der Waals surface area contributed by atoms with Gasteiger partial charge in [-0.25, -0.2) is 0 Å². The molecule has 1 atom stereocenters. The molecule has 2 aliphatic rings. The summed E-state index contributed by atoms with van der Waals surface area (Å²) in [4.78, 5) is 2.65. The van der Waals surface area contributed by atoms with Gasteiger partial charge in [0.1, 0.15) is 0 Å². The van der Waals surface area contributed by atoms with Gasteiger partial charge in [0, 0.05) is 22.2 Å². The molecule has 84 heavy (non-hydrogen) atoms. The fourth-order valence-corrected chi connectivity index (χ4v) is 12.6. The normalized spacial score (nSPS) is 13.7. The number of aryl methyl sites for hydroxylation is 5. The van der Waals surface area contributed by atoms with Gasteiger partial charge in [0.15, 0.2) is 0 Å². The predicted octanol–water partition coefficient (Wildman–Crippen LogP) is 22.0. The largest absolute Gasteiger partial charge is 0.314 e. The quantitative estimate of drug-likeness (QED) is 0.122. The minimum absolute atomic E-state index is 0.280. The Bertz CT molecular complexity index is 4050. The van der Waals surface area contributed by atoms with Crippen LogP contribution in [0.25, 0.3) is 38.6 Å². The average Bonchev–Trinajstić information content (AvgIpc) is 1.58. The third-order valence-corrected chi connectivity index (χ3v) is 16.6. The Hall–Kier alpha value is -9.28. The van der Waals surface area contributed by atoms with Crippen LogP contribution in [-0.4, -0.2) is 0 Å². The number of hydrogen-bond acceptors (Lipinski definition) is 3. The number of allylic oxidation sites excluding steroid dienone is 4. The molecule has 0 amide bonds. The molecule has 0 aliphatic heterocycles. The second-order valence-electron chi connectivity index (χ2n) is 22.3. The van der Waals surface area contributed by atoms with E-state index in [2.05, 4.69) is 229 Å². The van der Waals surface area contributed by atoms with E-state index in [-0.39, 0.29) is 5.41 Å². The SMILES string of the molecule is CC.CCCC1=C(c2ccccc2C)C=C(N(c2ccc(C)c(-c3ccccc3C)c2)c2cc3c(c4ccccc24)-c2ccc(C)cc2C3(CCC)c2ccccc2)CC1.Cc1ccccc1.N#Cc1ccc(Cc2cccc(C#N)c2)cc1. The van der Waals surface area contributed by atoms with E-state index < -0.39 is 0 Å². The van der Waals surface area contributed by atoms with E-state index in [0.717, 1.165) is 56.1 Å². The summed E-state index contributed by atoms with van der Waals surface area (Å²) in [6.07, 6.45) is 9.72. The van der Waals surface area contributed by atoms with Gasteiger partial charge < -0.3 is 4.90 Å². The topological polar surface area (TPSA) is 50.8 Å². The van der Waals surface area contributed by atoms with Gasteiger partial charge in [-0.15, -0.1) is 0 Å². The summed E-state index contributed by atoms with van der Waals surface area (Å²) in [5.74, 6) is 0. The van der Waals surface area contributed by atoms with Crippen molar-refractivity contribution in [3.63, 3.8) is 0 Å². The predicted molar refractivity (Wildman–Crippen MR) is 357 cm³/mol. The first kappa shape index (κ1) is 59.3. The zero-order chi connectivity index (χ0) is 59.2. The second-order valence-corrected chi connectivity index (χ2v) is 22.3. The summed E-state index contributed by atoms with van der Waals surface area (Å²) >= 11 is 0. The van der Waals surface area contributed by atoms with Crippen molar-refractivity contribution in [1.82, 2.24) is 0 Å². The number of benzene rings is 10. The minimum Gasteiger partial charge on any atom is -0.314 e. The monoisotopic (exact) mass is 1090 g/mol. The van der Waals surface area contributed by atoms with Gasteiger partial charge in [-0.3, -0.25) is 0 Å². The molecule has 0 heterocycles. The summed E-state index contributed by atoms with van der Waals surface area (Å²) < 4.78 is 0. The van der Waals surface area contributed by atoms with Gasteiger partial charge in [-0.2, -0.15) is 10.5 Å². The van der Waals surface area contributed by atoms with Crippen LogP contribution in [0.4, 0.5) is 11.4 Å². The first-order valence-electron chi connectivity index (χ1n) is 30.2. The van der Waals surface area contributed by atoms with E-state index in [1.807, 2.05) is 74.5 Å². The van der Waals surface area contributed by atoms with Crippen molar-refractivity contribution in [3.05, 3.63) is 314 Å². The highest BCUT2D eigenvalue weighted by atomic mass is 15.2. The highest BCUT2D eigenvalue weighted by Crippen LogP contribution is 2.59. The summed E-state index contributed by atoms with van der Waals surface area (Å²) in [6.45, 7) is 19.8. The summed E-state index contributed by atoms with van der Waals surface area (Å²) in [6, 6.07) is 84.9. The zero-order valence-electron chi connectivity index (χ0n) is 50.7. The molecular weight excluding hydrogens is 1010 g/mol. The molecule has 418 valence electrons. The summed E-state index contributed by atoms with van der Waals surface area (Å²) in [5, 5.41) is 20.1. The summed E-state index contributed by atoms with van der Waals surface area (Å²) in [5.41, 5.74) is 27.5. The van der Waals surface area contributed by atoms with Crippen LogP contribution >= 0.6 is 0 Å². The van der Waals surface area contributed by atoms with Crippen LogP contribution in [0.3, 0.4) is 0 Å². The first-order chi connectivity index (χ1) is 41.0. The third-order valence-electron chi connectivity index (χ3n) is 16.6. The lowest BCUT2D eigenvalue weighted by molar-refractivity contribution is 0.562. The van der Waals surface area contributed by atoms with E-state index in [9.17, 15) is 0 Å². The first-order valence-corrected chi connectivity index (χ1v) is 30.2. The van der Waals surface area contributed by atoms with Crippen LogP contribution in [0.15, 0.2) is 242 Å². The van der Waals surface area contributed by atoms with Crippen molar-refractivity contribution in [2.75, 3.05) is 4.90 Å². The highest BCUT2D eigenvalue weighted by Gasteiger charge is 2.45. The van der Waals surface area contributed by atoms with Gasteiger partial charge >= 0.3 is 0 Å². The lowest BCUT2D eigenvalue weighted by Gasteiger charge is -2.36. The van der Waals surface area contributed by atoms with Gasteiger partial charge in [0.25, 0.3) is 0 Å². The van der Waals surface area contributed by atoms with E-state index >= 15 is 0 Å². The molecule has 12 rings (SSSR count). The molecule has 0 saturated carbocycles. The number of nitrogens with zero attached hydrogens (tertiary/aromatic N) is 3. The Morgan fingerprint density at radius 2 is 1.10 bits per heavy atom. The molecule has 3 nitrogen and oxygen atoms in total. The molecule has 10 aromatic rings. The number of rotatable bonds is 12. The minimum atomic E-state index is -0.280. The Morgan fingerprint density at radius 3 is 1.74 bits per heavy atom. The van der Waals surface area contributed by atoms with E-state index in [4.69, 9.17) is 10.5 Å². The Kier molecular flexibility index (Phi) is 19.5. The molecule has 0 bridgehead atoms. The number of anilines is 2. The van der Waals surface area contributed by atoms with Crippen molar-refractivity contribution in [2.24, 2.45) is 0 Å². The van der Waals surface area contributed by atoms with Crippen molar-refractivity contribution >= 4 is 27.7 Å². The molecule has 0 fully saturated rings. The maximum atomic E-state index is 8.81. The molecule has 0 spiro atoms. The van der Waals surface area contributed by atoms with Crippen molar-refractivity contribution in [3.8, 4) is 34.4 Å². The standard InChI is InChI=1S/C57H55N.C15H10N2.C7H8.C2H6/c1-7-18-42-29-31-45(36-52(42)47-24-15-13-20-40(47)5)58(44-30-28-41(6)51(35-44)46-23-14-12-19-39(46)4)55-37-54-56(49-26-17-16-25-48(49)55)50-32-27-38(3)34-53(50)57(54,33-8-2)43-21-10-9-11-22-43;16-10-13-6-4-12(5-7-13)8-14-2-1-3-15(9-14)11-17;1-7-5-3-2-4-6-7;1-2/h9-17,19-28,30,32,34-37H,7-8,18,29,31,33H2,1-6H3;1-7,9H,8H2;2-6H,1H3;1-2H3. The zero-order valence-corrected chi connectivity index (χ0v) is 50.7. The fourth-order valence-electron chi connectivity index (χ4n) is 12.6. The van der Waals surface area contributed by atoms with Crippen LogP contribution < -0.4 is 4.90 Å². The average molecular weight is 1090 g/mol. The van der Waals surface area contributed by atoms with Crippen molar-refractivity contribution in [1.29, 1.82) is 10.5 Å². The van der Waals surface area contributed by atoms with Crippen LogP contribution in [0.1, 0.15) is 139 Å². The molecular formula is C81H79N3. The van der Waals surface area contributed by atoms with Crippen LogP contribution in [0.2, 0.25) is 0 Å². The van der Waals surface area contributed by atoms with E-state index in [1.54, 1.807) is 11.6 Å². The van der Waals surface area contributed by atoms with Crippen molar-refractivity contribution in [2.45, 2.75) is 113 Å². The lowest BCUT2D eigenvalue weighted by atomic mass is 9.69. The summed E-state index contributed by atoms with van der Waals surface area (Å²) in [7, 11) is 0. The van der Waals surface area contributed by atoms with Crippen LogP contribution in [-0.2, 0) is 11.8 Å². The maximum Gasteiger partial charge on any atom is 0.0991 e. The molecule has 0 saturated heterocycles. The Morgan fingerprint density at radius 1 is 0.464 bits per heavy atom. The highest BCUT2D eigenvalue weighted by molar-refractivity contribution is 6.10. The lowest BCUT2D eigenvalue weighted by Crippen LogP contribution is -2.27. The van der Waals surface area contributed by atoms with E-state index in [1.165, 1.54) is 106 Å². The smallest absolute Gasteiger partial charge is 0.0991 e. The Labute approximate surface area is 501 Å². The second kappa shape index (κ2) is 27.7. The Balaban J connectivity index is 0.000000268. The molecule has 3 heteroatoms. The molecule has 0 aromatic heterocycles. The van der Waals surface area contributed by atoms with Crippen LogP contribution in [0, 0.1) is 57.3 Å². The molecule has 2 aliphatic carbocycles. The van der Waals surface area contributed by atoms with Gasteiger partial charge in [0.05, 0.1) is 29.0 Å². The maximum absolute atomic E-state index is 8.81. The molecule has 0 N–H and O–H groups in total. The van der Waals surface area contributed by atoms with Gasteiger partial charge in [-0.05, 0) is 199 Å². The number of hydrogen-bond donors (Lipinski definition) is 0. The fraction of sp³-hybridized carbons (Fsp3) is 0.210. The molecule has 0 radical (unpaired) electrons. The molecule has 1 unspecified atom stereocenters. The van der Waals surface area contributed by atoms with Crippen molar-refractivity contribution < 1.29 is 0 Å². The van der Waals surface area contributed by atoms with E-state index in [0.29, 0.717) is 11.1 Å². The van der Waals surface area contributed by atoms with Gasteiger partial charge in [0.2, 0.25) is 0 Å². The molecule has 10 aromatic carbocycles.